The van der Waals surface area contributed by atoms with Crippen molar-refractivity contribution in [3.63, 3.8) is 0 Å². The van der Waals surface area contributed by atoms with Crippen LogP contribution in [0.1, 0.15) is 27.5 Å². The Morgan fingerprint density at radius 2 is 1.71 bits per heavy atom. The lowest BCUT2D eigenvalue weighted by Crippen LogP contribution is -2.28. The molecule has 1 unspecified atom stereocenters. The molecule has 3 heterocycles. The highest BCUT2D eigenvalue weighted by Gasteiger charge is 2.32. The lowest BCUT2D eigenvalue weighted by molar-refractivity contribution is 0.0945. The molecule has 34 heavy (non-hydrogen) atoms. The highest BCUT2D eigenvalue weighted by atomic mass is 32.1. The summed E-state index contributed by atoms with van der Waals surface area (Å²) in [4.78, 5) is 22.1. The monoisotopic (exact) mass is 457 g/mol. The second-order valence-electron chi connectivity index (χ2n) is 8.51. The van der Waals surface area contributed by atoms with Crippen LogP contribution in [-0.2, 0) is 0 Å². The van der Waals surface area contributed by atoms with Gasteiger partial charge < -0.3 is 10.3 Å². The van der Waals surface area contributed by atoms with E-state index in [0.717, 1.165) is 16.5 Å². The number of rotatable bonds is 3. The predicted molar refractivity (Wildman–Crippen MR) is 138 cm³/mol. The Hall–Kier alpha value is -4.22. The quantitative estimate of drug-likeness (QED) is 0.302. The number of aromatic amines is 1. The number of benzene rings is 3. The number of fused-ring (bicyclic) bond motifs is 5. The number of amides is 1. The molecule has 0 spiro atoms. The summed E-state index contributed by atoms with van der Waals surface area (Å²) in [5.74, 6) is -0.105. The molecule has 1 atom stereocenters. The molecule has 3 aromatic carbocycles. The van der Waals surface area contributed by atoms with E-state index >= 15 is 0 Å². The van der Waals surface area contributed by atoms with Gasteiger partial charge in [-0.05, 0) is 57.5 Å². The Kier molecular flexibility index (Phi) is 4.19. The maximum atomic E-state index is 13.5. The largest absolute Gasteiger partial charge is 0.346 e. The highest BCUT2D eigenvalue weighted by molar-refractivity contribution is 7.22. The van der Waals surface area contributed by atoms with Gasteiger partial charge in [0.05, 0.1) is 11.6 Å². The summed E-state index contributed by atoms with van der Waals surface area (Å²) in [5.41, 5.74) is 7.18. The zero-order valence-corrected chi connectivity index (χ0v) is 18.9. The van der Waals surface area contributed by atoms with Gasteiger partial charge in [-0.3, -0.25) is 4.79 Å². The van der Waals surface area contributed by atoms with E-state index in [1.165, 1.54) is 31.7 Å². The predicted octanol–water partition coefficient (Wildman–Crippen LogP) is 6.94. The minimum absolute atomic E-state index is 0.105. The molecule has 7 rings (SSSR count). The first-order valence-electron chi connectivity index (χ1n) is 11.2. The van der Waals surface area contributed by atoms with Crippen molar-refractivity contribution in [1.82, 2.24) is 15.3 Å². The number of carbonyl (C=O) groups excluding carboxylic acids is 1. The molecular formula is C29H19N3OS. The van der Waals surface area contributed by atoms with Crippen molar-refractivity contribution < 1.29 is 4.79 Å². The molecule has 0 aliphatic heterocycles. The third kappa shape index (κ3) is 2.84. The van der Waals surface area contributed by atoms with Crippen molar-refractivity contribution in [3.05, 3.63) is 114 Å². The zero-order chi connectivity index (χ0) is 22.6. The average Bonchev–Trinajstić information content (AvgIpc) is 3.60. The molecule has 0 radical (unpaired) electrons. The van der Waals surface area contributed by atoms with Gasteiger partial charge in [-0.2, -0.15) is 0 Å². The van der Waals surface area contributed by atoms with Crippen LogP contribution in [0.5, 0.6) is 0 Å². The second-order valence-corrected chi connectivity index (χ2v) is 9.59. The van der Waals surface area contributed by atoms with Crippen LogP contribution in [0.3, 0.4) is 0 Å². The van der Waals surface area contributed by atoms with E-state index in [-0.39, 0.29) is 11.9 Å². The standard InChI is InChI=1S/C29H19N3OS/c33-29(21-13-15-31-28-20(21)12-14-30-28)32-27-19-8-3-2-7-18(19)26-22(9-5-10-23(26)27)25-16-17-6-1-4-11-24(17)34-25/h1-16,27H,(H,30,31)(H,32,33). The normalized spacial score (nSPS) is 14.3. The van der Waals surface area contributed by atoms with E-state index in [0.29, 0.717) is 11.2 Å². The van der Waals surface area contributed by atoms with Crippen LogP contribution < -0.4 is 5.32 Å². The molecule has 1 aliphatic rings. The number of H-pyrrole nitrogens is 1. The first kappa shape index (κ1) is 19.3. The molecule has 2 N–H and O–H groups in total. The molecule has 3 aromatic heterocycles. The van der Waals surface area contributed by atoms with Crippen molar-refractivity contribution in [2.75, 3.05) is 0 Å². The number of nitrogens with one attached hydrogen (secondary N) is 2. The minimum atomic E-state index is -0.213. The van der Waals surface area contributed by atoms with E-state index in [1.807, 2.05) is 29.7 Å². The lowest BCUT2D eigenvalue weighted by Gasteiger charge is -2.17. The van der Waals surface area contributed by atoms with Gasteiger partial charge >= 0.3 is 0 Å². The maximum Gasteiger partial charge on any atom is 0.252 e. The number of hydrogen-bond acceptors (Lipinski definition) is 3. The van der Waals surface area contributed by atoms with Crippen molar-refractivity contribution in [2.45, 2.75) is 6.04 Å². The molecule has 162 valence electrons. The van der Waals surface area contributed by atoms with E-state index in [1.54, 1.807) is 12.3 Å². The molecule has 0 bridgehead atoms. The third-order valence-electron chi connectivity index (χ3n) is 6.62. The topological polar surface area (TPSA) is 57.8 Å². The minimum Gasteiger partial charge on any atom is -0.346 e. The van der Waals surface area contributed by atoms with Gasteiger partial charge in [0, 0.05) is 27.4 Å². The Morgan fingerprint density at radius 3 is 2.65 bits per heavy atom. The molecule has 0 saturated carbocycles. The number of thiophene rings is 1. The first-order valence-corrected chi connectivity index (χ1v) is 12.0. The van der Waals surface area contributed by atoms with Crippen molar-refractivity contribution in [3.8, 4) is 21.6 Å². The highest BCUT2D eigenvalue weighted by Crippen LogP contribution is 2.49. The van der Waals surface area contributed by atoms with Crippen molar-refractivity contribution >= 4 is 38.4 Å². The summed E-state index contributed by atoms with van der Waals surface area (Å²) in [6.07, 6.45) is 3.48. The molecule has 0 fully saturated rings. The molecule has 4 nitrogen and oxygen atoms in total. The lowest BCUT2D eigenvalue weighted by atomic mass is 9.98. The van der Waals surface area contributed by atoms with Gasteiger partial charge in [-0.1, -0.05) is 60.7 Å². The molecule has 0 saturated heterocycles. The zero-order valence-electron chi connectivity index (χ0n) is 18.1. The summed E-state index contributed by atoms with van der Waals surface area (Å²) >= 11 is 1.81. The van der Waals surface area contributed by atoms with Gasteiger partial charge in [-0.25, -0.2) is 4.98 Å². The van der Waals surface area contributed by atoms with E-state index in [2.05, 4.69) is 82.0 Å². The number of hydrogen-bond donors (Lipinski definition) is 2. The summed E-state index contributed by atoms with van der Waals surface area (Å²) < 4.78 is 1.28. The van der Waals surface area contributed by atoms with Gasteiger partial charge in [0.15, 0.2) is 0 Å². The van der Waals surface area contributed by atoms with Crippen LogP contribution in [0.25, 0.3) is 42.7 Å². The smallest absolute Gasteiger partial charge is 0.252 e. The average molecular weight is 458 g/mol. The summed E-state index contributed by atoms with van der Waals surface area (Å²) in [6.45, 7) is 0. The van der Waals surface area contributed by atoms with Crippen LogP contribution in [0.15, 0.2) is 97.3 Å². The van der Waals surface area contributed by atoms with Crippen molar-refractivity contribution in [1.29, 1.82) is 0 Å². The van der Waals surface area contributed by atoms with Gasteiger partial charge in [-0.15, -0.1) is 11.3 Å². The van der Waals surface area contributed by atoms with Gasteiger partial charge in [0.25, 0.3) is 5.91 Å². The van der Waals surface area contributed by atoms with Crippen molar-refractivity contribution in [2.24, 2.45) is 0 Å². The Balaban J connectivity index is 1.36. The fourth-order valence-electron chi connectivity index (χ4n) is 5.10. The summed E-state index contributed by atoms with van der Waals surface area (Å²) in [6, 6.07) is 29.0. The number of pyridine rings is 1. The molecule has 5 heteroatoms. The van der Waals surface area contributed by atoms with E-state index in [9.17, 15) is 4.79 Å². The molecule has 1 aliphatic carbocycles. The van der Waals surface area contributed by atoms with Crippen LogP contribution in [0.2, 0.25) is 0 Å². The number of nitrogens with zero attached hydrogens (tertiary/aromatic N) is 1. The first-order chi connectivity index (χ1) is 16.8. The van der Waals surface area contributed by atoms with Gasteiger partial charge in [0.1, 0.15) is 5.65 Å². The van der Waals surface area contributed by atoms with E-state index in [4.69, 9.17) is 0 Å². The van der Waals surface area contributed by atoms with E-state index < -0.39 is 0 Å². The maximum absolute atomic E-state index is 13.5. The fraction of sp³-hybridized carbons (Fsp3) is 0.0345. The Morgan fingerprint density at radius 1 is 0.882 bits per heavy atom. The third-order valence-corrected chi connectivity index (χ3v) is 7.77. The fourth-order valence-corrected chi connectivity index (χ4v) is 6.19. The molecule has 1 amide bonds. The molecular weight excluding hydrogens is 438 g/mol. The van der Waals surface area contributed by atoms with Crippen LogP contribution in [0.4, 0.5) is 0 Å². The van der Waals surface area contributed by atoms with Gasteiger partial charge in [0.2, 0.25) is 0 Å². The molecule has 6 aromatic rings. The SMILES string of the molecule is O=C(NC1c2ccccc2-c2c(-c3cc4ccccc4s3)cccc21)c1ccnc2[nH]ccc12. The Labute approximate surface area is 199 Å². The van der Waals surface area contributed by atoms with Crippen LogP contribution >= 0.6 is 11.3 Å². The summed E-state index contributed by atoms with van der Waals surface area (Å²) in [7, 11) is 0. The second kappa shape index (κ2) is 7.40. The number of carbonyl (C=O) groups is 1. The summed E-state index contributed by atoms with van der Waals surface area (Å²) in [5, 5.41) is 5.40. The van der Waals surface area contributed by atoms with Crippen LogP contribution in [0, 0.1) is 0 Å². The number of aromatic nitrogens is 2. The van der Waals surface area contributed by atoms with Crippen LogP contribution in [-0.4, -0.2) is 15.9 Å². The Bertz CT molecular complexity index is 1700.